The fraction of sp³-hybridized carbons (Fsp3) is 0.200. The van der Waals surface area contributed by atoms with Crippen LogP contribution in [-0.4, -0.2) is 45.4 Å². The van der Waals surface area contributed by atoms with Crippen LogP contribution in [0.15, 0.2) is 71.9 Å². The molecule has 8 nitrogen and oxygen atoms in total. The topological polar surface area (TPSA) is 113 Å². The summed E-state index contributed by atoms with van der Waals surface area (Å²) < 4.78 is 72.8. The smallest absolute Gasteiger partial charge is 0.264 e. The van der Waals surface area contributed by atoms with Crippen molar-refractivity contribution in [2.24, 2.45) is 0 Å². The maximum Gasteiger partial charge on any atom is 0.264 e. The Balaban J connectivity index is 1.53. The molecule has 0 spiro atoms. The van der Waals surface area contributed by atoms with Gasteiger partial charge in [0.15, 0.2) is 9.84 Å². The quantitative estimate of drug-likeness (QED) is 0.185. The van der Waals surface area contributed by atoms with Gasteiger partial charge in [-0.2, -0.15) is 8.42 Å². The van der Waals surface area contributed by atoms with Crippen molar-refractivity contribution in [3.63, 3.8) is 0 Å². The van der Waals surface area contributed by atoms with Gasteiger partial charge in [0.25, 0.3) is 10.1 Å². The summed E-state index contributed by atoms with van der Waals surface area (Å²) >= 11 is 6.22. The summed E-state index contributed by atoms with van der Waals surface area (Å²) in [6.45, 7) is -0.0851. The second-order valence-electron chi connectivity index (χ2n) is 8.13. The minimum absolute atomic E-state index is 0.0489. The molecule has 0 bridgehead atoms. The first-order valence-electron chi connectivity index (χ1n) is 11.1. The highest BCUT2D eigenvalue weighted by molar-refractivity contribution is 7.91. The Morgan fingerprint density at radius 2 is 1.68 bits per heavy atom. The Hall–Kier alpha value is -3.12. The van der Waals surface area contributed by atoms with Crippen molar-refractivity contribution in [1.29, 1.82) is 0 Å². The zero-order valence-corrected chi connectivity index (χ0v) is 22.0. The van der Waals surface area contributed by atoms with Crippen LogP contribution in [0.25, 0.3) is 22.2 Å². The van der Waals surface area contributed by atoms with Crippen molar-refractivity contribution < 1.29 is 30.1 Å². The Kier molecular flexibility index (Phi) is 8.08. The number of fused-ring (bicyclic) bond motifs is 1. The van der Waals surface area contributed by atoms with Crippen LogP contribution in [0.1, 0.15) is 12.8 Å². The Morgan fingerprint density at radius 1 is 0.919 bits per heavy atom. The Bertz CT molecular complexity index is 1660. The number of ether oxygens (including phenoxy) is 1. The maximum absolute atomic E-state index is 14.8. The van der Waals surface area contributed by atoms with E-state index in [2.05, 4.69) is 14.2 Å². The Morgan fingerprint density at radius 3 is 2.46 bits per heavy atom. The molecule has 0 atom stereocenters. The van der Waals surface area contributed by atoms with Crippen LogP contribution in [0.3, 0.4) is 0 Å². The van der Waals surface area contributed by atoms with Crippen molar-refractivity contribution in [2.45, 2.75) is 17.7 Å². The molecule has 0 fully saturated rings. The normalized spacial score (nSPS) is 12.1. The molecule has 4 rings (SSSR count). The Labute approximate surface area is 219 Å². The first-order valence-corrected chi connectivity index (χ1v) is 14.9. The fourth-order valence-electron chi connectivity index (χ4n) is 3.61. The van der Waals surface area contributed by atoms with E-state index in [1.165, 1.54) is 36.7 Å². The summed E-state index contributed by atoms with van der Waals surface area (Å²) in [5.74, 6) is -0.191. The molecule has 12 heteroatoms. The van der Waals surface area contributed by atoms with Gasteiger partial charge < -0.3 is 4.74 Å². The fourth-order valence-corrected chi connectivity index (χ4v) is 5.65. The monoisotopic (exact) mass is 564 g/mol. The van der Waals surface area contributed by atoms with Crippen LogP contribution in [0.4, 0.5) is 4.39 Å². The SMILES string of the molecule is CS(=O)(=O)OCCCCS(=O)(=O)c1cccc(Oc2ccc(F)c(-c3ncnc4c(Cl)cccc34)c2)c1. The summed E-state index contributed by atoms with van der Waals surface area (Å²) in [6, 6.07) is 15.2. The molecule has 0 radical (unpaired) electrons. The number of unbranched alkanes of at least 4 members (excludes halogenated alkanes) is 1. The van der Waals surface area contributed by atoms with Crippen molar-refractivity contribution >= 4 is 42.5 Å². The molecule has 0 N–H and O–H groups in total. The number of benzene rings is 3. The van der Waals surface area contributed by atoms with Gasteiger partial charge in [0.2, 0.25) is 0 Å². The summed E-state index contributed by atoms with van der Waals surface area (Å²) in [6.07, 6.45) is 2.73. The number of para-hydroxylation sites is 1. The number of nitrogens with zero attached hydrogens (tertiary/aromatic N) is 2. The molecule has 0 aliphatic carbocycles. The van der Waals surface area contributed by atoms with Gasteiger partial charge in [-0.3, -0.25) is 4.18 Å². The zero-order valence-electron chi connectivity index (χ0n) is 19.6. The van der Waals surface area contributed by atoms with E-state index < -0.39 is 25.8 Å². The van der Waals surface area contributed by atoms with Crippen LogP contribution in [-0.2, 0) is 24.1 Å². The second kappa shape index (κ2) is 11.1. The third kappa shape index (κ3) is 6.80. The van der Waals surface area contributed by atoms with Gasteiger partial charge in [-0.1, -0.05) is 29.8 Å². The van der Waals surface area contributed by atoms with E-state index in [4.69, 9.17) is 16.3 Å². The van der Waals surface area contributed by atoms with E-state index in [0.29, 0.717) is 21.6 Å². The number of halogens is 2. The van der Waals surface area contributed by atoms with Crippen LogP contribution in [0, 0.1) is 5.82 Å². The van der Waals surface area contributed by atoms with Crippen molar-refractivity contribution in [3.8, 4) is 22.8 Å². The van der Waals surface area contributed by atoms with Crippen molar-refractivity contribution in [1.82, 2.24) is 9.97 Å². The van der Waals surface area contributed by atoms with Crippen LogP contribution >= 0.6 is 11.6 Å². The summed E-state index contributed by atoms with van der Waals surface area (Å²) in [7, 11) is -7.22. The molecule has 0 amide bonds. The lowest BCUT2D eigenvalue weighted by atomic mass is 10.1. The number of rotatable bonds is 10. The van der Waals surface area contributed by atoms with Crippen molar-refractivity contribution in [2.75, 3.05) is 18.6 Å². The molecule has 1 aromatic heterocycles. The van der Waals surface area contributed by atoms with Crippen LogP contribution in [0.5, 0.6) is 11.5 Å². The predicted octanol–water partition coefficient (Wildman–Crippen LogP) is 5.41. The van der Waals surface area contributed by atoms with Crippen LogP contribution in [0.2, 0.25) is 5.02 Å². The van der Waals surface area contributed by atoms with Gasteiger partial charge in [0, 0.05) is 10.9 Å². The average molecular weight is 565 g/mol. The molecule has 194 valence electrons. The predicted molar refractivity (Wildman–Crippen MR) is 139 cm³/mol. The molecular weight excluding hydrogens is 543 g/mol. The first kappa shape index (κ1) is 26.9. The molecule has 0 aliphatic heterocycles. The summed E-state index contributed by atoms with van der Waals surface area (Å²) in [4.78, 5) is 8.46. The highest BCUT2D eigenvalue weighted by Gasteiger charge is 2.17. The second-order valence-corrected chi connectivity index (χ2v) is 12.3. The van der Waals surface area contributed by atoms with E-state index in [-0.39, 0.29) is 47.2 Å². The first-order chi connectivity index (χ1) is 17.5. The van der Waals surface area contributed by atoms with Crippen LogP contribution < -0.4 is 4.74 Å². The third-order valence-corrected chi connectivity index (χ3v) is 8.01. The lowest BCUT2D eigenvalue weighted by molar-refractivity contribution is 0.314. The molecular formula is C25H22ClFN2O6S2. The molecule has 4 aromatic rings. The van der Waals surface area contributed by atoms with E-state index in [0.717, 1.165) is 6.26 Å². The van der Waals surface area contributed by atoms with Gasteiger partial charge in [0.1, 0.15) is 23.6 Å². The average Bonchev–Trinajstić information content (AvgIpc) is 2.84. The molecule has 0 saturated heterocycles. The standard InChI is InChI=1S/C25H22ClFN2O6S2/c1-36(30,31)34-12-2-3-13-37(32,33)19-7-4-6-17(14-19)35-18-10-11-23(27)21(15-18)24-20-8-5-9-22(26)25(20)29-16-28-24/h4-11,14-16H,2-3,12-13H2,1H3. The van der Waals surface area contributed by atoms with Gasteiger partial charge in [-0.05, 0) is 55.3 Å². The molecule has 0 unspecified atom stereocenters. The van der Waals surface area contributed by atoms with E-state index >= 15 is 0 Å². The molecule has 3 aromatic carbocycles. The summed E-state index contributed by atoms with van der Waals surface area (Å²) in [5.41, 5.74) is 1.000. The lowest BCUT2D eigenvalue weighted by Crippen LogP contribution is -2.09. The highest BCUT2D eigenvalue weighted by Crippen LogP contribution is 2.34. The zero-order chi connectivity index (χ0) is 26.6. The molecule has 37 heavy (non-hydrogen) atoms. The number of hydrogen-bond donors (Lipinski definition) is 0. The largest absolute Gasteiger partial charge is 0.457 e. The van der Waals surface area contributed by atoms with Gasteiger partial charge in [0.05, 0.1) is 39.7 Å². The lowest BCUT2D eigenvalue weighted by Gasteiger charge is -2.11. The van der Waals surface area contributed by atoms with E-state index in [9.17, 15) is 21.2 Å². The van der Waals surface area contributed by atoms with Gasteiger partial charge in [-0.15, -0.1) is 0 Å². The third-order valence-electron chi connectivity index (χ3n) is 5.31. The van der Waals surface area contributed by atoms with E-state index in [1.54, 1.807) is 30.3 Å². The maximum atomic E-state index is 14.8. The number of aromatic nitrogens is 2. The molecule has 0 aliphatic rings. The minimum atomic E-state index is -3.65. The summed E-state index contributed by atoms with van der Waals surface area (Å²) in [5, 5.41) is 0.982. The number of hydrogen-bond acceptors (Lipinski definition) is 8. The highest BCUT2D eigenvalue weighted by atomic mass is 35.5. The number of sulfone groups is 1. The van der Waals surface area contributed by atoms with Gasteiger partial charge in [-0.25, -0.2) is 22.8 Å². The molecule has 0 saturated carbocycles. The van der Waals surface area contributed by atoms with Gasteiger partial charge >= 0.3 is 0 Å². The molecule has 1 heterocycles. The van der Waals surface area contributed by atoms with Crippen molar-refractivity contribution in [3.05, 3.63) is 77.8 Å². The van der Waals surface area contributed by atoms with E-state index in [1.807, 2.05) is 0 Å². The minimum Gasteiger partial charge on any atom is -0.457 e.